The van der Waals surface area contributed by atoms with Gasteiger partial charge < -0.3 is 19.6 Å². The SMILES string of the molecule is Cc1cc(Nc2cc(C(=O)N3CCN(c4ccccc4)CC3)ccn2)no1. The number of nitrogens with one attached hydrogen (secondary N) is 1. The predicted molar refractivity (Wildman–Crippen MR) is 103 cm³/mol. The number of rotatable bonds is 4. The first-order chi connectivity index (χ1) is 13.2. The van der Waals surface area contributed by atoms with Gasteiger partial charge in [0, 0.05) is 49.7 Å². The standard InChI is InChI=1S/C20H21N5O2/c1-15-13-19(23-27-15)22-18-14-16(7-8-21-18)20(26)25-11-9-24(10-12-25)17-5-3-2-4-6-17/h2-8,13-14H,9-12H2,1H3,(H,21,22,23). The summed E-state index contributed by atoms with van der Waals surface area (Å²) in [5.41, 5.74) is 1.81. The number of piperazine rings is 1. The van der Waals surface area contributed by atoms with Gasteiger partial charge in [0.15, 0.2) is 5.82 Å². The van der Waals surface area contributed by atoms with Crippen LogP contribution in [0.5, 0.6) is 0 Å². The van der Waals surface area contributed by atoms with Crippen LogP contribution >= 0.6 is 0 Å². The molecule has 1 saturated heterocycles. The van der Waals surface area contributed by atoms with Gasteiger partial charge in [0.05, 0.1) is 0 Å². The Bertz CT molecular complexity index is 917. The molecule has 1 N–H and O–H groups in total. The highest BCUT2D eigenvalue weighted by Gasteiger charge is 2.22. The van der Waals surface area contributed by atoms with Crippen LogP contribution in [0.15, 0.2) is 59.3 Å². The van der Waals surface area contributed by atoms with Crippen molar-refractivity contribution in [2.24, 2.45) is 0 Å². The topological polar surface area (TPSA) is 74.5 Å². The van der Waals surface area contributed by atoms with Crippen molar-refractivity contribution in [2.45, 2.75) is 6.92 Å². The normalized spacial score (nSPS) is 14.3. The molecule has 1 aliphatic rings. The molecule has 0 aliphatic carbocycles. The zero-order valence-electron chi connectivity index (χ0n) is 15.1. The van der Waals surface area contributed by atoms with Crippen molar-refractivity contribution >= 4 is 23.2 Å². The highest BCUT2D eigenvalue weighted by Crippen LogP contribution is 2.19. The van der Waals surface area contributed by atoms with Crippen LogP contribution in [0.3, 0.4) is 0 Å². The van der Waals surface area contributed by atoms with Gasteiger partial charge in [-0.2, -0.15) is 0 Å². The monoisotopic (exact) mass is 363 g/mol. The summed E-state index contributed by atoms with van der Waals surface area (Å²) in [5.74, 6) is 1.86. The van der Waals surface area contributed by atoms with Crippen LogP contribution in [-0.4, -0.2) is 47.1 Å². The molecule has 3 aromatic rings. The van der Waals surface area contributed by atoms with Crippen LogP contribution in [-0.2, 0) is 0 Å². The summed E-state index contributed by atoms with van der Waals surface area (Å²) >= 11 is 0. The third kappa shape index (κ3) is 3.92. The summed E-state index contributed by atoms with van der Waals surface area (Å²) in [6.07, 6.45) is 1.63. The number of carbonyl (C=O) groups is 1. The van der Waals surface area contributed by atoms with Crippen LogP contribution < -0.4 is 10.2 Å². The van der Waals surface area contributed by atoms with Crippen molar-refractivity contribution < 1.29 is 9.32 Å². The second kappa shape index (κ2) is 7.49. The van der Waals surface area contributed by atoms with E-state index in [-0.39, 0.29) is 5.91 Å². The molecular formula is C20H21N5O2. The lowest BCUT2D eigenvalue weighted by molar-refractivity contribution is 0.0746. The van der Waals surface area contributed by atoms with E-state index < -0.39 is 0 Å². The van der Waals surface area contributed by atoms with Gasteiger partial charge in [0.25, 0.3) is 5.91 Å². The van der Waals surface area contributed by atoms with Gasteiger partial charge >= 0.3 is 0 Å². The summed E-state index contributed by atoms with van der Waals surface area (Å²) in [7, 11) is 0. The van der Waals surface area contributed by atoms with E-state index >= 15 is 0 Å². The molecule has 2 aromatic heterocycles. The van der Waals surface area contributed by atoms with E-state index in [4.69, 9.17) is 4.52 Å². The summed E-state index contributed by atoms with van der Waals surface area (Å²) in [6, 6.07) is 15.6. The molecule has 0 bridgehead atoms. The molecule has 1 amide bonds. The van der Waals surface area contributed by atoms with Gasteiger partial charge in [-0.05, 0) is 31.2 Å². The minimum Gasteiger partial charge on any atom is -0.368 e. The molecule has 1 fully saturated rings. The molecule has 0 saturated carbocycles. The lowest BCUT2D eigenvalue weighted by Gasteiger charge is -2.36. The maximum Gasteiger partial charge on any atom is 0.254 e. The number of pyridine rings is 1. The second-order valence-electron chi connectivity index (χ2n) is 6.49. The lowest BCUT2D eigenvalue weighted by atomic mass is 10.2. The largest absolute Gasteiger partial charge is 0.368 e. The van der Waals surface area contributed by atoms with E-state index in [0.717, 1.165) is 13.1 Å². The predicted octanol–water partition coefficient (Wildman–Crippen LogP) is 3.08. The molecule has 7 nitrogen and oxygen atoms in total. The molecule has 3 heterocycles. The number of nitrogens with zero attached hydrogens (tertiary/aromatic N) is 4. The number of aryl methyl sites for hydroxylation is 1. The van der Waals surface area contributed by atoms with Gasteiger partial charge in [-0.15, -0.1) is 0 Å². The lowest BCUT2D eigenvalue weighted by Crippen LogP contribution is -2.48. The fourth-order valence-electron chi connectivity index (χ4n) is 3.18. The number of anilines is 3. The number of hydrogen-bond donors (Lipinski definition) is 1. The minimum absolute atomic E-state index is 0.0181. The number of aromatic nitrogens is 2. The summed E-state index contributed by atoms with van der Waals surface area (Å²) in [5, 5.41) is 6.94. The van der Waals surface area contributed by atoms with E-state index in [1.807, 2.05) is 30.0 Å². The molecule has 0 atom stereocenters. The van der Waals surface area contributed by atoms with Crippen molar-refractivity contribution in [3.05, 3.63) is 66.1 Å². The van der Waals surface area contributed by atoms with Gasteiger partial charge in [0.2, 0.25) is 0 Å². The van der Waals surface area contributed by atoms with Crippen LogP contribution in [0.1, 0.15) is 16.1 Å². The molecule has 1 aliphatic heterocycles. The fourth-order valence-corrected chi connectivity index (χ4v) is 3.18. The average Bonchev–Trinajstić information content (AvgIpc) is 3.13. The van der Waals surface area contributed by atoms with E-state index in [1.165, 1.54) is 5.69 Å². The van der Waals surface area contributed by atoms with Crippen molar-refractivity contribution in [3.8, 4) is 0 Å². The van der Waals surface area contributed by atoms with Crippen LogP contribution in [0.25, 0.3) is 0 Å². The Morgan fingerprint density at radius 1 is 1.04 bits per heavy atom. The average molecular weight is 363 g/mol. The molecular weight excluding hydrogens is 342 g/mol. The van der Waals surface area contributed by atoms with Crippen molar-refractivity contribution in [3.63, 3.8) is 0 Å². The van der Waals surface area contributed by atoms with Crippen molar-refractivity contribution in [1.82, 2.24) is 15.0 Å². The highest BCUT2D eigenvalue weighted by molar-refractivity contribution is 5.95. The molecule has 0 radical (unpaired) electrons. The van der Waals surface area contributed by atoms with E-state index in [1.54, 1.807) is 24.4 Å². The molecule has 27 heavy (non-hydrogen) atoms. The first-order valence-electron chi connectivity index (χ1n) is 8.95. The minimum atomic E-state index is 0.0181. The van der Waals surface area contributed by atoms with Crippen LogP contribution in [0, 0.1) is 6.92 Å². The maximum atomic E-state index is 12.9. The first-order valence-corrected chi connectivity index (χ1v) is 8.95. The molecule has 4 rings (SSSR count). The Morgan fingerprint density at radius 3 is 2.52 bits per heavy atom. The smallest absolute Gasteiger partial charge is 0.254 e. The second-order valence-corrected chi connectivity index (χ2v) is 6.49. The van der Waals surface area contributed by atoms with Crippen molar-refractivity contribution in [2.75, 3.05) is 36.4 Å². The molecule has 0 unspecified atom stereocenters. The Hall–Kier alpha value is -3.35. The number of carbonyl (C=O) groups excluding carboxylic acids is 1. The summed E-state index contributed by atoms with van der Waals surface area (Å²) in [4.78, 5) is 21.3. The molecule has 7 heteroatoms. The van der Waals surface area contributed by atoms with Gasteiger partial charge in [-0.3, -0.25) is 4.79 Å². The van der Waals surface area contributed by atoms with Crippen LogP contribution in [0.4, 0.5) is 17.3 Å². The van der Waals surface area contributed by atoms with Gasteiger partial charge in [-0.25, -0.2) is 4.98 Å². The number of amides is 1. The zero-order valence-corrected chi connectivity index (χ0v) is 15.1. The zero-order chi connectivity index (χ0) is 18.6. The Labute approximate surface area is 157 Å². The third-order valence-corrected chi connectivity index (χ3v) is 4.58. The first kappa shape index (κ1) is 17.1. The maximum absolute atomic E-state index is 12.9. The quantitative estimate of drug-likeness (QED) is 0.768. The highest BCUT2D eigenvalue weighted by atomic mass is 16.5. The summed E-state index contributed by atoms with van der Waals surface area (Å²) < 4.78 is 5.04. The van der Waals surface area contributed by atoms with Crippen molar-refractivity contribution in [1.29, 1.82) is 0 Å². The van der Waals surface area contributed by atoms with E-state index in [2.05, 4.69) is 32.5 Å². The number of hydrogen-bond acceptors (Lipinski definition) is 6. The Balaban J connectivity index is 1.40. The Kier molecular flexibility index (Phi) is 4.74. The van der Waals surface area contributed by atoms with Crippen LogP contribution in [0.2, 0.25) is 0 Å². The number of para-hydroxylation sites is 1. The van der Waals surface area contributed by atoms with E-state index in [9.17, 15) is 4.79 Å². The van der Waals surface area contributed by atoms with Gasteiger partial charge in [-0.1, -0.05) is 23.4 Å². The number of benzene rings is 1. The fraction of sp³-hybridized carbons (Fsp3) is 0.250. The van der Waals surface area contributed by atoms with E-state index in [0.29, 0.717) is 36.0 Å². The molecule has 138 valence electrons. The Morgan fingerprint density at radius 2 is 1.81 bits per heavy atom. The molecule has 1 aromatic carbocycles. The summed E-state index contributed by atoms with van der Waals surface area (Å²) in [6.45, 7) is 4.86. The third-order valence-electron chi connectivity index (χ3n) is 4.58. The molecule has 0 spiro atoms. The van der Waals surface area contributed by atoms with Gasteiger partial charge in [0.1, 0.15) is 11.6 Å².